The molecule has 6 nitrogen and oxygen atoms in total. The van der Waals surface area contributed by atoms with E-state index in [-0.39, 0.29) is 12.6 Å². The fourth-order valence-corrected chi connectivity index (χ4v) is 3.97. The van der Waals surface area contributed by atoms with Gasteiger partial charge < -0.3 is 10.8 Å². The van der Waals surface area contributed by atoms with Gasteiger partial charge in [-0.25, -0.2) is 17.4 Å². The minimum atomic E-state index is -3.65. The molecule has 0 atom stereocenters. The second-order valence-electron chi connectivity index (χ2n) is 6.20. The van der Waals surface area contributed by atoms with Crippen LogP contribution in [0.15, 0.2) is 54.6 Å². The highest BCUT2D eigenvalue weighted by atomic mass is 32.2. The standard InChI is InChI=1S/C19H21N3O3S/c1-13(2)26(24,25)22-18-12-15(8-9-17(18)21-19(22)20)16(10-11-23)14-6-4-3-5-7-14/h3-10,12-13,23H,11H2,1-2H3,(H2,20,21). The van der Waals surface area contributed by atoms with Gasteiger partial charge in [0.25, 0.3) is 0 Å². The summed E-state index contributed by atoms with van der Waals surface area (Å²) in [7, 11) is -3.65. The van der Waals surface area contributed by atoms with Crippen LogP contribution in [0, 0.1) is 0 Å². The maximum absolute atomic E-state index is 12.7. The molecular formula is C19H21N3O3S. The van der Waals surface area contributed by atoms with Crippen LogP contribution >= 0.6 is 0 Å². The predicted molar refractivity (Wildman–Crippen MR) is 104 cm³/mol. The number of hydrogen-bond acceptors (Lipinski definition) is 5. The highest BCUT2D eigenvalue weighted by molar-refractivity contribution is 7.90. The summed E-state index contributed by atoms with van der Waals surface area (Å²) in [5, 5.41) is 8.79. The van der Waals surface area contributed by atoms with E-state index >= 15 is 0 Å². The Labute approximate surface area is 152 Å². The maximum Gasteiger partial charge on any atom is 0.244 e. The number of benzene rings is 2. The molecule has 0 fully saturated rings. The van der Waals surface area contributed by atoms with Crippen LogP contribution in [0.4, 0.5) is 5.95 Å². The van der Waals surface area contributed by atoms with Crippen LogP contribution in [0.1, 0.15) is 25.0 Å². The van der Waals surface area contributed by atoms with E-state index in [4.69, 9.17) is 5.73 Å². The first kappa shape index (κ1) is 18.2. The van der Waals surface area contributed by atoms with Gasteiger partial charge in [-0.15, -0.1) is 0 Å². The molecule has 2 aromatic carbocycles. The summed E-state index contributed by atoms with van der Waals surface area (Å²) < 4.78 is 26.5. The van der Waals surface area contributed by atoms with E-state index in [0.717, 1.165) is 20.7 Å². The van der Waals surface area contributed by atoms with Gasteiger partial charge in [-0.1, -0.05) is 42.5 Å². The van der Waals surface area contributed by atoms with Gasteiger partial charge >= 0.3 is 0 Å². The lowest BCUT2D eigenvalue weighted by Gasteiger charge is -2.12. The third kappa shape index (κ3) is 3.11. The zero-order chi connectivity index (χ0) is 18.9. The SMILES string of the molecule is CC(C)S(=O)(=O)n1c(N)nc2ccc(C(=CCO)c3ccccc3)cc21. The van der Waals surface area contributed by atoms with Crippen molar-refractivity contribution < 1.29 is 13.5 Å². The lowest BCUT2D eigenvalue weighted by atomic mass is 9.97. The van der Waals surface area contributed by atoms with E-state index in [9.17, 15) is 13.5 Å². The number of nitrogens with two attached hydrogens (primary N) is 1. The summed E-state index contributed by atoms with van der Waals surface area (Å²) in [5.74, 6) is -0.0572. The summed E-state index contributed by atoms with van der Waals surface area (Å²) in [6, 6.07) is 14.9. The lowest BCUT2D eigenvalue weighted by molar-refractivity contribution is 0.343. The Hall–Kier alpha value is -2.64. The topological polar surface area (TPSA) is 98.2 Å². The molecule has 1 aromatic heterocycles. The number of aliphatic hydroxyl groups is 1. The monoisotopic (exact) mass is 371 g/mol. The van der Waals surface area contributed by atoms with Crippen molar-refractivity contribution in [2.24, 2.45) is 0 Å². The number of imidazole rings is 1. The van der Waals surface area contributed by atoms with Gasteiger partial charge in [0.2, 0.25) is 16.0 Å². The molecule has 0 aliphatic heterocycles. The number of rotatable bonds is 5. The molecule has 3 N–H and O–H groups in total. The molecule has 3 aromatic rings. The van der Waals surface area contributed by atoms with Crippen molar-refractivity contribution >= 4 is 32.6 Å². The third-order valence-electron chi connectivity index (χ3n) is 4.18. The molecule has 0 spiro atoms. The van der Waals surface area contributed by atoms with Gasteiger partial charge in [0.1, 0.15) is 0 Å². The minimum Gasteiger partial charge on any atom is -0.392 e. The van der Waals surface area contributed by atoms with Crippen molar-refractivity contribution in [1.82, 2.24) is 8.96 Å². The van der Waals surface area contributed by atoms with Crippen LogP contribution in [0.2, 0.25) is 0 Å². The molecule has 0 saturated carbocycles. The number of anilines is 1. The molecule has 0 unspecified atom stereocenters. The Morgan fingerprint density at radius 2 is 1.88 bits per heavy atom. The quantitative estimate of drug-likeness (QED) is 0.718. The molecule has 1 heterocycles. The van der Waals surface area contributed by atoms with Gasteiger partial charge in [0.15, 0.2) is 0 Å². The first-order chi connectivity index (χ1) is 12.4. The Kier molecular flexibility index (Phi) is 4.84. The van der Waals surface area contributed by atoms with E-state index in [1.165, 1.54) is 0 Å². The summed E-state index contributed by atoms with van der Waals surface area (Å²) in [6.07, 6.45) is 1.69. The summed E-state index contributed by atoms with van der Waals surface area (Å²) >= 11 is 0. The van der Waals surface area contributed by atoms with Crippen LogP contribution in [0.25, 0.3) is 16.6 Å². The van der Waals surface area contributed by atoms with Crippen molar-refractivity contribution in [3.8, 4) is 0 Å². The second-order valence-corrected chi connectivity index (χ2v) is 8.54. The van der Waals surface area contributed by atoms with Gasteiger partial charge in [-0.2, -0.15) is 0 Å². The van der Waals surface area contributed by atoms with Crippen molar-refractivity contribution in [1.29, 1.82) is 0 Å². The van der Waals surface area contributed by atoms with Gasteiger partial charge in [0.05, 0.1) is 22.9 Å². The Morgan fingerprint density at radius 1 is 1.19 bits per heavy atom. The molecule has 0 bridgehead atoms. The van der Waals surface area contributed by atoms with Crippen molar-refractivity contribution in [2.45, 2.75) is 19.1 Å². The number of aromatic nitrogens is 2. The number of nitrogen functional groups attached to an aromatic ring is 1. The average molecular weight is 371 g/mol. The molecule has 26 heavy (non-hydrogen) atoms. The maximum atomic E-state index is 12.7. The average Bonchev–Trinajstić information content (AvgIpc) is 2.95. The fraction of sp³-hybridized carbons (Fsp3) is 0.211. The lowest BCUT2D eigenvalue weighted by Crippen LogP contribution is -2.23. The number of hydrogen-bond donors (Lipinski definition) is 2. The van der Waals surface area contributed by atoms with E-state index < -0.39 is 15.3 Å². The van der Waals surface area contributed by atoms with Crippen LogP contribution in [-0.2, 0) is 10.0 Å². The largest absolute Gasteiger partial charge is 0.392 e. The summed E-state index contributed by atoms with van der Waals surface area (Å²) in [6.45, 7) is 3.07. The molecular weight excluding hydrogens is 350 g/mol. The molecule has 0 saturated heterocycles. The normalized spacial score (nSPS) is 12.8. The molecule has 0 aliphatic carbocycles. The molecule has 3 rings (SSSR count). The van der Waals surface area contributed by atoms with Gasteiger partial charge in [-0.3, -0.25) is 0 Å². The first-order valence-electron chi connectivity index (χ1n) is 8.25. The van der Waals surface area contributed by atoms with E-state index in [1.807, 2.05) is 36.4 Å². The highest BCUT2D eigenvalue weighted by Crippen LogP contribution is 2.29. The van der Waals surface area contributed by atoms with Crippen LogP contribution in [0.5, 0.6) is 0 Å². The number of aliphatic hydroxyl groups excluding tert-OH is 1. The molecule has 7 heteroatoms. The zero-order valence-electron chi connectivity index (χ0n) is 14.6. The number of nitrogens with zero attached hydrogens (tertiary/aromatic N) is 2. The van der Waals surface area contributed by atoms with Gasteiger partial charge in [-0.05, 0) is 42.7 Å². The Bertz CT molecular complexity index is 1070. The smallest absolute Gasteiger partial charge is 0.244 e. The Morgan fingerprint density at radius 3 is 2.50 bits per heavy atom. The number of fused-ring (bicyclic) bond motifs is 1. The molecule has 0 radical (unpaired) electrons. The van der Waals surface area contributed by atoms with Crippen molar-refractivity contribution in [3.63, 3.8) is 0 Å². The minimum absolute atomic E-state index is 0.0572. The second kappa shape index (κ2) is 6.93. The zero-order valence-corrected chi connectivity index (χ0v) is 15.4. The Balaban J connectivity index is 2.25. The first-order valence-corrected chi connectivity index (χ1v) is 9.75. The van der Waals surface area contributed by atoms with E-state index in [2.05, 4.69) is 4.98 Å². The predicted octanol–water partition coefficient (Wildman–Crippen LogP) is 2.63. The third-order valence-corrected chi connectivity index (χ3v) is 6.26. The van der Waals surface area contributed by atoms with E-state index in [1.54, 1.807) is 32.1 Å². The fourth-order valence-electron chi connectivity index (χ4n) is 2.83. The van der Waals surface area contributed by atoms with Crippen LogP contribution in [0.3, 0.4) is 0 Å². The van der Waals surface area contributed by atoms with Gasteiger partial charge in [0, 0.05) is 0 Å². The summed E-state index contributed by atoms with van der Waals surface area (Å²) in [5.41, 5.74) is 9.33. The molecule has 136 valence electrons. The molecule has 0 amide bonds. The van der Waals surface area contributed by atoms with Crippen molar-refractivity contribution in [2.75, 3.05) is 12.3 Å². The van der Waals surface area contributed by atoms with Crippen LogP contribution in [-0.4, -0.2) is 34.3 Å². The molecule has 0 aliphatic rings. The summed E-state index contributed by atoms with van der Waals surface area (Å²) in [4.78, 5) is 4.17. The highest BCUT2D eigenvalue weighted by Gasteiger charge is 2.24. The van der Waals surface area contributed by atoms with E-state index in [0.29, 0.717) is 11.0 Å². The van der Waals surface area contributed by atoms with Crippen LogP contribution < -0.4 is 5.73 Å². The van der Waals surface area contributed by atoms with Crippen molar-refractivity contribution in [3.05, 3.63) is 65.7 Å².